The van der Waals surface area contributed by atoms with E-state index in [2.05, 4.69) is 4.98 Å². The maximum atomic E-state index is 11.3. The van der Waals surface area contributed by atoms with Gasteiger partial charge in [-0.3, -0.25) is 9.78 Å². The van der Waals surface area contributed by atoms with Crippen molar-refractivity contribution in [2.24, 2.45) is 0 Å². The lowest BCUT2D eigenvalue weighted by Crippen LogP contribution is -2.24. The molecule has 0 saturated carbocycles. The smallest absolute Gasteiger partial charge is 0.272 e. The largest absolute Gasteiger partial charge is 0.383 e. The Kier molecular flexibility index (Phi) is 2.99. The summed E-state index contributed by atoms with van der Waals surface area (Å²) in [7, 11) is 1.61. The SMILES string of the molecule is COCCn1ccnc(C)c1=O. The van der Waals surface area contributed by atoms with Gasteiger partial charge in [-0.05, 0) is 6.92 Å². The number of ether oxygens (including phenoxy) is 1. The molecule has 4 heteroatoms. The molecule has 1 aromatic heterocycles. The Labute approximate surface area is 70.8 Å². The quantitative estimate of drug-likeness (QED) is 0.647. The van der Waals surface area contributed by atoms with Crippen LogP contribution in [0.3, 0.4) is 0 Å². The predicted molar refractivity (Wildman–Crippen MR) is 45.1 cm³/mol. The Balaban J connectivity index is 2.85. The van der Waals surface area contributed by atoms with Crippen LogP contribution in [0.15, 0.2) is 17.2 Å². The molecule has 0 unspecified atom stereocenters. The molecule has 1 aromatic rings. The zero-order valence-electron chi connectivity index (χ0n) is 7.28. The predicted octanol–water partition coefficient (Wildman–Crippen LogP) is 0.198. The first-order valence-electron chi connectivity index (χ1n) is 3.76. The summed E-state index contributed by atoms with van der Waals surface area (Å²) in [5.74, 6) is 0. The lowest BCUT2D eigenvalue weighted by molar-refractivity contribution is 0.186. The van der Waals surface area contributed by atoms with E-state index in [0.29, 0.717) is 18.8 Å². The second kappa shape index (κ2) is 4.01. The van der Waals surface area contributed by atoms with Crippen molar-refractivity contribution >= 4 is 0 Å². The van der Waals surface area contributed by atoms with Gasteiger partial charge in [0.05, 0.1) is 6.61 Å². The van der Waals surface area contributed by atoms with Gasteiger partial charge in [-0.25, -0.2) is 0 Å². The molecule has 0 aliphatic rings. The second-order valence-corrected chi connectivity index (χ2v) is 2.50. The maximum absolute atomic E-state index is 11.3. The summed E-state index contributed by atoms with van der Waals surface area (Å²) in [6.45, 7) is 2.83. The first-order valence-corrected chi connectivity index (χ1v) is 3.76. The Morgan fingerprint density at radius 1 is 1.67 bits per heavy atom. The molecule has 0 atom stereocenters. The average molecular weight is 168 g/mol. The van der Waals surface area contributed by atoms with E-state index >= 15 is 0 Å². The molecule has 0 amide bonds. The molecule has 0 spiro atoms. The number of aryl methyl sites for hydroxylation is 1. The molecule has 4 nitrogen and oxygen atoms in total. The summed E-state index contributed by atoms with van der Waals surface area (Å²) in [5, 5.41) is 0. The highest BCUT2D eigenvalue weighted by molar-refractivity contribution is 4.93. The van der Waals surface area contributed by atoms with Gasteiger partial charge in [-0.15, -0.1) is 0 Å². The van der Waals surface area contributed by atoms with Crippen molar-refractivity contribution in [3.63, 3.8) is 0 Å². The van der Waals surface area contributed by atoms with E-state index in [9.17, 15) is 4.79 Å². The zero-order chi connectivity index (χ0) is 8.97. The number of hydrogen-bond donors (Lipinski definition) is 0. The molecule has 66 valence electrons. The molecule has 0 fully saturated rings. The Morgan fingerprint density at radius 3 is 3.08 bits per heavy atom. The maximum Gasteiger partial charge on any atom is 0.272 e. The third kappa shape index (κ3) is 1.92. The van der Waals surface area contributed by atoms with E-state index in [-0.39, 0.29) is 5.56 Å². The number of rotatable bonds is 3. The van der Waals surface area contributed by atoms with Crippen LogP contribution in [-0.2, 0) is 11.3 Å². The van der Waals surface area contributed by atoms with Crippen LogP contribution >= 0.6 is 0 Å². The van der Waals surface area contributed by atoms with Crippen LogP contribution in [0.5, 0.6) is 0 Å². The number of nitrogens with zero attached hydrogens (tertiary/aromatic N) is 2. The van der Waals surface area contributed by atoms with Crippen LogP contribution in [-0.4, -0.2) is 23.3 Å². The summed E-state index contributed by atoms with van der Waals surface area (Å²) in [4.78, 5) is 15.2. The first kappa shape index (κ1) is 8.93. The topological polar surface area (TPSA) is 44.1 Å². The van der Waals surface area contributed by atoms with Gasteiger partial charge in [-0.2, -0.15) is 0 Å². The van der Waals surface area contributed by atoms with Gasteiger partial charge < -0.3 is 9.30 Å². The van der Waals surface area contributed by atoms with Crippen molar-refractivity contribution in [3.05, 3.63) is 28.4 Å². The van der Waals surface area contributed by atoms with E-state index < -0.39 is 0 Å². The summed E-state index contributed by atoms with van der Waals surface area (Å²) < 4.78 is 6.45. The minimum Gasteiger partial charge on any atom is -0.383 e. The van der Waals surface area contributed by atoms with Crippen LogP contribution in [0, 0.1) is 6.92 Å². The summed E-state index contributed by atoms with van der Waals surface area (Å²) in [6, 6.07) is 0. The van der Waals surface area contributed by atoms with Crippen LogP contribution in [0.25, 0.3) is 0 Å². The third-order valence-corrected chi connectivity index (χ3v) is 1.62. The van der Waals surface area contributed by atoms with Crippen molar-refractivity contribution in [3.8, 4) is 0 Å². The second-order valence-electron chi connectivity index (χ2n) is 2.50. The molecule has 0 radical (unpaired) electrons. The van der Waals surface area contributed by atoms with Gasteiger partial charge in [-0.1, -0.05) is 0 Å². The molecule has 12 heavy (non-hydrogen) atoms. The Hall–Kier alpha value is -1.16. The lowest BCUT2D eigenvalue weighted by Gasteiger charge is -2.03. The van der Waals surface area contributed by atoms with Gasteiger partial charge in [0, 0.05) is 26.0 Å². The van der Waals surface area contributed by atoms with Crippen molar-refractivity contribution in [1.29, 1.82) is 0 Å². The normalized spacial score (nSPS) is 10.2. The number of aromatic nitrogens is 2. The van der Waals surface area contributed by atoms with E-state index in [0.717, 1.165) is 0 Å². The Morgan fingerprint density at radius 2 is 2.42 bits per heavy atom. The van der Waals surface area contributed by atoms with E-state index in [1.54, 1.807) is 31.0 Å². The molecule has 0 N–H and O–H groups in total. The Bertz CT molecular complexity index is 306. The molecule has 0 aromatic carbocycles. The summed E-state index contributed by atoms with van der Waals surface area (Å²) in [5.41, 5.74) is 0.475. The molecule has 1 heterocycles. The van der Waals surface area contributed by atoms with Crippen LogP contribution in [0.4, 0.5) is 0 Å². The highest BCUT2D eigenvalue weighted by Crippen LogP contribution is 1.83. The van der Waals surface area contributed by atoms with E-state index in [4.69, 9.17) is 4.74 Å². The van der Waals surface area contributed by atoms with Gasteiger partial charge in [0.1, 0.15) is 5.69 Å². The van der Waals surface area contributed by atoms with Gasteiger partial charge in [0.25, 0.3) is 5.56 Å². The van der Waals surface area contributed by atoms with Gasteiger partial charge in [0.2, 0.25) is 0 Å². The van der Waals surface area contributed by atoms with Crippen LogP contribution in [0.1, 0.15) is 5.69 Å². The average Bonchev–Trinajstić information content (AvgIpc) is 2.08. The molecule has 1 rings (SSSR count). The molecular weight excluding hydrogens is 156 g/mol. The van der Waals surface area contributed by atoms with Crippen molar-refractivity contribution in [1.82, 2.24) is 9.55 Å². The molecular formula is C8H12N2O2. The van der Waals surface area contributed by atoms with E-state index in [1.807, 2.05) is 0 Å². The fraction of sp³-hybridized carbons (Fsp3) is 0.500. The van der Waals surface area contributed by atoms with Crippen LogP contribution in [0.2, 0.25) is 0 Å². The number of methoxy groups -OCH3 is 1. The minimum atomic E-state index is -0.0467. The zero-order valence-corrected chi connectivity index (χ0v) is 7.28. The van der Waals surface area contributed by atoms with Crippen molar-refractivity contribution in [2.45, 2.75) is 13.5 Å². The molecule has 0 aliphatic heterocycles. The van der Waals surface area contributed by atoms with E-state index in [1.165, 1.54) is 0 Å². The highest BCUT2D eigenvalue weighted by Gasteiger charge is 1.97. The molecule has 0 bridgehead atoms. The fourth-order valence-corrected chi connectivity index (χ4v) is 0.922. The summed E-state index contributed by atoms with van der Waals surface area (Å²) >= 11 is 0. The monoisotopic (exact) mass is 168 g/mol. The van der Waals surface area contributed by atoms with Crippen molar-refractivity contribution < 1.29 is 4.74 Å². The highest BCUT2D eigenvalue weighted by atomic mass is 16.5. The standard InChI is InChI=1S/C8H12N2O2/c1-7-8(11)10(4-3-9-7)5-6-12-2/h3-4H,5-6H2,1-2H3. The van der Waals surface area contributed by atoms with Gasteiger partial charge in [0.15, 0.2) is 0 Å². The lowest BCUT2D eigenvalue weighted by atomic mass is 10.5. The first-order chi connectivity index (χ1) is 5.75. The summed E-state index contributed by atoms with van der Waals surface area (Å²) in [6.07, 6.45) is 3.28. The minimum absolute atomic E-state index is 0.0467. The van der Waals surface area contributed by atoms with Crippen molar-refractivity contribution in [2.75, 3.05) is 13.7 Å². The van der Waals surface area contributed by atoms with Crippen LogP contribution < -0.4 is 5.56 Å². The fourth-order valence-electron chi connectivity index (χ4n) is 0.922. The van der Waals surface area contributed by atoms with Gasteiger partial charge >= 0.3 is 0 Å². The number of hydrogen-bond acceptors (Lipinski definition) is 3. The third-order valence-electron chi connectivity index (χ3n) is 1.62. The molecule has 0 aliphatic carbocycles. The molecule has 0 saturated heterocycles.